The van der Waals surface area contributed by atoms with Gasteiger partial charge in [0.2, 0.25) is 5.91 Å². The maximum absolute atomic E-state index is 12.3. The van der Waals surface area contributed by atoms with Crippen molar-refractivity contribution in [2.45, 2.75) is 40.0 Å². The molecule has 4 heteroatoms. The van der Waals surface area contributed by atoms with Crippen LogP contribution in [0.15, 0.2) is 36.4 Å². The highest BCUT2D eigenvalue weighted by Crippen LogP contribution is 2.20. The summed E-state index contributed by atoms with van der Waals surface area (Å²) in [7, 11) is 0. The Morgan fingerprint density at radius 1 is 1.04 bits per heavy atom. The van der Waals surface area contributed by atoms with E-state index in [1.165, 1.54) is 5.56 Å². The van der Waals surface area contributed by atoms with Crippen LogP contribution in [-0.4, -0.2) is 17.0 Å². The molecule has 2 aromatic carbocycles. The Morgan fingerprint density at radius 2 is 1.58 bits per heavy atom. The van der Waals surface area contributed by atoms with Crippen molar-refractivity contribution in [3.05, 3.63) is 64.2 Å². The number of aliphatic carboxylic acids is 1. The quantitative estimate of drug-likeness (QED) is 0.874. The van der Waals surface area contributed by atoms with Crippen LogP contribution in [0.4, 0.5) is 5.69 Å². The predicted molar refractivity (Wildman–Crippen MR) is 95.5 cm³/mol. The van der Waals surface area contributed by atoms with Gasteiger partial charge in [0.25, 0.3) is 0 Å². The zero-order valence-electron chi connectivity index (χ0n) is 14.5. The molecule has 0 spiro atoms. The van der Waals surface area contributed by atoms with Crippen molar-refractivity contribution in [3.63, 3.8) is 0 Å². The Balaban J connectivity index is 2.07. The normalized spacial score (nSPS) is 11.8. The molecule has 1 atom stereocenters. The van der Waals surface area contributed by atoms with Crippen LogP contribution in [0.1, 0.15) is 40.7 Å². The maximum Gasteiger partial charge on any atom is 0.310 e. The van der Waals surface area contributed by atoms with Crippen molar-refractivity contribution in [1.82, 2.24) is 0 Å². The Hall–Kier alpha value is -2.62. The first-order valence-electron chi connectivity index (χ1n) is 7.97. The van der Waals surface area contributed by atoms with E-state index in [-0.39, 0.29) is 5.91 Å². The molecule has 0 fully saturated rings. The first-order valence-corrected chi connectivity index (χ1v) is 7.97. The lowest BCUT2D eigenvalue weighted by Crippen LogP contribution is -2.16. The first kappa shape index (κ1) is 17.7. The first-order chi connectivity index (χ1) is 11.3. The summed E-state index contributed by atoms with van der Waals surface area (Å²) in [6.07, 6.45) is 0.325. The minimum Gasteiger partial charge on any atom is -0.481 e. The molecular formula is C20H23NO3. The number of rotatable bonds is 5. The van der Waals surface area contributed by atoms with Crippen LogP contribution in [0.5, 0.6) is 0 Å². The van der Waals surface area contributed by atoms with Gasteiger partial charge in [-0.2, -0.15) is 0 Å². The van der Waals surface area contributed by atoms with E-state index in [4.69, 9.17) is 5.11 Å². The van der Waals surface area contributed by atoms with E-state index in [1.54, 1.807) is 31.2 Å². The highest BCUT2D eigenvalue weighted by molar-refractivity contribution is 5.92. The molecule has 1 unspecified atom stereocenters. The van der Waals surface area contributed by atoms with Gasteiger partial charge in [-0.15, -0.1) is 0 Å². The van der Waals surface area contributed by atoms with Crippen LogP contribution in [-0.2, 0) is 16.0 Å². The third kappa shape index (κ3) is 4.22. The average Bonchev–Trinajstić information content (AvgIpc) is 2.50. The van der Waals surface area contributed by atoms with Crippen LogP contribution >= 0.6 is 0 Å². The largest absolute Gasteiger partial charge is 0.481 e. The van der Waals surface area contributed by atoms with Crippen LogP contribution in [0, 0.1) is 20.8 Å². The highest BCUT2D eigenvalue weighted by Gasteiger charge is 2.14. The van der Waals surface area contributed by atoms with Crippen molar-refractivity contribution in [2.24, 2.45) is 0 Å². The molecule has 2 aromatic rings. The monoisotopic (exact) mass is 325 g/mol. The number of nitrogens with one attached hydrogen (secondary N) is 1. The standard InChI is InChI=1S/C20H23NO3/c1-12-9-13(2)18(14(3)10-12)11-19(22)21-17-7-5-16(6-8-17)15(4)20(23)24/h5-10,15H,11H2,1-4H3,(H,21,22)(H,23,24). The Labute approximate surface area is 142 Å². The number of anilines is 1. The molecule has 2 rings (SSSR count). The summed E-state index contributed by atoms with van der Waals surface area (Å²) in [4.78, 5) is 23.3. The van der Waals surface area contributed by atoms with E-state index in [1.807, 2.05) is 20.8 Å². The van der Waals surface area contributed by atoms with Gasteiger partial charge in [0.05, 0.1) is 12.3 Å². The minimum absolute atomic E-state index is 0.0795. The van der Waals surface area contributed by atoms with Gasteiger partial charge in [0.15, 0.2) is 0 Å². The molecule has 0 bridgehead atoms. The zero-order valence-corrected chi connectivity index (χ0v) is 14.5. The van der Waals surface area contributed by atoms with Gasteiger partial charge < -0.3 is 10.4 Å². The van der Waals surface area contributed by atoms with Crippen LogP contribution in [0.25, 0.3) is 0 Å². The van der Waals surface area contributed by atoms with Crippen LogP contribution in [0.2, 0.25) is 0 Å². The number of amides is 1. The van der Waals surface area contributed by atoms with Crippen molar-refractivity contribution in [2.75, 3.05) is 5.32 Å². The third-order valence-corrected chi connectivity index (χ3v) is 4.24. The van der Waals surface area contributed by atoms with Crippen molar-refractivity contribution in [3.8, 4) is 0 Å². The SMILES string of the molecule is Cc1cc(C)c(CC(=O)Nc2ccc(C(C)C(=O)O)cc2)c(C)c1. The summed E-state index contributed by atoms with van der Waals surface area (Å²) in [6.45, 7) is 7.72. The zero-order chi connectivity index (χ0) is 17.9. The fourth-order valence-electron chi connectivity index (χ4n) is 2.85. The predicted octanol–water partition coefficient (Wildman–Crippen LogP) is 3.98. The second-order valence-corrected chi connectivity index (χ2v) is 6.28. The van der Waals surface area contributed by atoms with E-state index in [0.29, 0.717) is 17.7 Å². The van der Waals surface area contributed by atoms with E-state index in [2.05, 4.69) is 17.4 Å². The topological polar surface area (TPSA) is 66.4 Å². The number of carboxylic acids is 1. The molecule has 0 aliphatic heterocycles. The molecule has 0 radical (unpaired) electrons. The second-order valence-electron chi connectivity index (χ2n) is 6.28. The molecule has 2 N–H and O–H groups in total. The van der Waals surface area contributed by atoms with Gasteiger partial charge in [-0.25, -0.2) is 0 Å². The molecule has 0 aromatic heterocycles. The number of hydrogen-bond donors (Lipinski definition) is 2. The molecule has 4 nitrogen and oxygen atoms in total. The summed E-state index contributed by atoms with van der Waals surface area (Å²) in [6, 6.07) is 11.1. The Kier molecular flexibility index (Phi) is 5.39. The average molecular weight is 325 g/mol. The summed E-state index contributed by atoms with van der Waals surface area (Å²) in [5.74, 6) is -1.51. The third-order valence-electron chi connectivity index (χ3n) is 4.24. The van der Waals surface area contributed by atoms with E-state index < -0.39 is 11.9 Å². The second kappa shape index (κ2) is 7.30. The van der Waals surface area contributed by atoms with Gasteiger partial charge in [-0.3, -0.25) is 9.59 Å². The van der Waals surface area contributed by atoms with E-state index in [9.17, 15) is 9.59 Å². The number of hydrogen-bond acceptors (Lipinski definition) is 2. The fraction of sp³-hybridized carbons (Fsp3) is 0.300. The van der Waals surface area contributed by atoms with Crippen molar-refractivity contribution >= 4 is 17.6 Å². The van der Waals surface area contributed by atoms with Gasteiger partial charge in [-0.1, -0.05) is 29.8 Å². The molecule has 0 aliphatic carbocycles. The minimum atomic E-state index is -0.864. The molecule has 0 saturated carbocycles. The Morgan fingerprint density at radius 3 is 2.08 bits per heavy atom. The molecule has 0 aliphatic rings. The van der Waals surface area contributed by atoms with Crippen molar-refractivity contribution < 1.29 is 14.7 Å². The van der Waals surface area contributed by atoms with Gasteiger partial charge >= 0.3 is 5.97 Å². The lowest BCUT2D eigenvalue weighted by Gasteiger charge is -2.12. The molecule has 24 heavy (non-hydrogen) atoms. The number of benzene rings is 2. The summed E-state index contributed by atoms with van der Waals surface area (Å²) in [5, 5.41) is 11.9. The van der Waals surface area contributed by atoms with E-state index in [0.717, 1.165) is 16.7 Å². The molecule has 1 amide bonds. The number of carbonyl (C=O) groups excluding carboxylic acids is 1. The molecule has 0 heterocycles. The van der Waals surface area contributed by atoms with Crippen LogP contribution in [0.3, 0.4) is 0 Å². The van der Waals surface area contributed by atoms with Crippen LogP contribution < -0.4 is 5.32 Å². The van der Waals surface area contributed by atoms with Crippen molar-refractivity contribution in [1.29, 1.82) is 0 Å². The van der Waals surface area contributed by atoms with E-state index >= 15 is 0 Å². The smallest absolute Gasteiger partial charge is 0.310 e. The number of carbonyl (C=O) groups is 2. The number of carboxylic acid groups (broad SMARTS) is 1. The summed E-state index contributed by atoms with van der Waals surface area (Å²) in [5.41, 5.74) is 5.86. The Bertz CT molecular complexity index is 740. The molecular weight excluding hydrogens is 302 g/mol. The molecule has 126 valence electrons. The number of aryl methyl sites for hydroxylation is 3. The fourth-order valence-corrected chi connectivity index (χ4v) is 2.85. The lowest BCUT2D eigenvalue weighted by molar-refractivity contribution is -0.138. The highest BCUT2D eigenvalue weighted by atomic mass is 16.4. The maximum atomic E-state index is 12.3. The lowest BCUT2D eigenvalue weighted by atomic mass is 9.97. The molecule has 0 saturated heterocycles. The summed E-state index contributed by atoms with van der Waals surface area (Å²) >= 11 is 0. The van der Waals surface area contributed by atoms with Gasteiger partial charge in [-0.05, 0) is 62.1 Å². The van der Waals surface area contributed by atoms with Gasteiger partial charge in [0.1, 0.15) is 0 Å². The summed E-state index contributed by atoms with van der Waals surface area (Å²) < 4.78 is 0. The van der Waals surface area contributed by atoms with Gasteiger partial charge in [0, 0.05) is 5.69 Å².